The summed E-state index contributed by atoms with van der Waals surface area (Å²) in [6, 6.07) is 11.8. The van der Waals surface area contributed by atoms with Crippen molar-refractivity contribution in [3.8, 4) is 5.75 Å². The molecule has 194 valence electrons. The number of nitrogens with one attached hydrogen (secondary N) is 1. The minimum Gasteiger partial charge on any atom is -0.491 e. The van der Waals surface area contributed by atoms with E-state index in [1.54, 1.807) is 49.4 Å². The molecule has 4 rings (SSSR count). The van der Waals surface area contributed by atoms with Crippen LogP contribution in [0.3, 0.4) is 0 Å². The van der Waals surface area contributed by atoms with Gasteiger partial charge in [0.25, 0.3) is 5.91 Å². The van der Waals surface area contributed by atoms with Gasteiger partial charge in [0.1, 0.15) is 18.2 Å². The molecule has 36 heavy (non-hydrogen) atoms. The zero-order valence-electron chi connectivity index (χ0n) is 21.5. The van der Waals surface area contributed by atoms with Gasteiger partial charge in [0, 0.05) is 57.5 Å². The van der Waals surface area contributed by atoms with Crippen molar-refractivity contribution in [2.45, 2.75) is 45.4 Å². The first-order chi connectivity index (χ1) is 17.2. The zero-order valence-corrected chi connectivity index (χ0v) is 21.5. The van der Waals surface area contributed by atoms with Crippen LogP contribution in [0.1, 0.15) is 42.6 Å². The van der Waals surface area contributed by atoms with Gasteiger partial charge in [0.05, 0.1) is 11.7 Å². The molecule has 1 N–H and O–H groups in total. The minimum atomic E-state index is -0.261. The van der Waals surface area contributed by atoms with Crippen molar-refractivity contribution in [3.63, 3.8) is 0 Å². The smallest absolute Gasteiger partial charge is 0.257 e. The molecule has 2 amide bonds. The summed E-state index contributed by atoms with van der Waals surface area (Å²) in [5.74, 6) is 0.190. The second-order valence-electron chi connectivity index (χ2n) is 10.1. The van der Waals surface area contributed by atoms with E-state index in [1.165, 1.54) is 6.07 Å². The van der Waals surface area contributed by atoms with E-state index in [9.17, 15) is 14.0 Å². The molecule has 8 heteroatoms. The lowest BCUT2D eigenvalue weighted by Gasteiger charge is -2.36. The molecule has 0 aromatic heterocycles. The second-order valence-corrected chi connectivity index (χ2v) is 10.1. The van der Waals surface area contributed by atoms with Crippen LogP contribution in [0, 0.1) is 17.7 Å². The molecular formula is C28H36FN3O4. The van der Waals surface area contributed by atoms with Crippen molar-refractivity contribution >= 4 is 17.5 Å². The van der Waals surface area contributed by atoms with Crippen molar-refractivity contribution in [2.75, 3.05) is 39.2 Å². The van der Waals surface area contributed by atoms with Crippen LogP contribution in [0.25, 0.3) is 0 Å². The summed E-state index contributed by atoms with van der Waals surface area (Å²) in [4.78, 5) is 29.5. The molecule has 1 saturated carbocycles. The van der Waals surface area contributed by atoms with Crippen molar-refractivity contribution < 1.29 is 23.5 Å². The first kappa shape index (κ1) is 26.1. The van der Waals surface area contributed by atoms with Gasteiger partial charge in [0.15, 0.2) is 0 Å². The molecular weight excluding hydrogens is 461 g/mol. The normalized spacial score (nSPS) is 23.8. The lowest BCUT2D eigenvalue weighted by Crippen LogP contribution is -2.46. The number of ether oxygens (including phenoxy) is 2. The summed E-state index contributed by atoms with van der Waals surface area (Å²) in [5, 5.41) is 2.94. The summed E-state index contributed by atoms with van der Waals surface area (Å²) < 4.78 is 25.9. The molecule has 0 radical (unpaired) electrons. The van der Waals surface area contributed by atoms with E-state index in [-0.39, 0.29) is 41.6 Å². The van der Waals surface area contributed by atoms with Gasteiger partial charge >= 0.3 is 0 Å². The lowest BCUT2D eigenvalue weighted by atomic mass is 10.0. The number of amides is 2. The Hall–Kier alpha value is -2.97. The van der Waals surface area contributed by atoms with Gasteiger partial charge in [-0.25, -0.2) is 4.39 Å². The first-order valence-electron chi connectivity index (χ1n) is 12.6. The van der Waals surface area contributed by atoms with Crippen molar-refractivity contribution in [2.24, 2.45) is 11.8 Å². The summed E-state index contributed by atoms with van der Waals surface area (Å²) in [5.41, 5.74) is 1.93. The second kappa shape index (κ2) is 11.4. The summed E-state index contributed by atoms with van der Waals surface area (Å²) in [6.45, 7) is 6.15. The molecule has 2 aliphatic rings. The van der Waals surface area contributed by atoms with Crippen molar-refractivity contribution in [3.05, 3.63) is 59.4 Å². The molecule has 1 fully saturated rings. The number of benzene rings is 2. The molecule has 0 unspecified atom stereocenters. The van der Waals surface area contributed by atoms with Crippen LogP contribution < -0.4 is 10.1 Å². The third kappa shape index (κ3) is 6.42. The number of rotatable bonds is 5. The number of hydrogen-bond donors (Lipinski definition) is 1. The van der Waals surface area contributed by atoms with Gasteiger partial charge in [0.2, 0.25) is 5.91 Å². The Morgan fingerprint density at radius 2 is 1.94 bits per heavy atom. The zero-order chi connectivity index (χ0) is 25.8. The van der Waals surface area contributed by atoms with Crippen LogP contribution >= 0.6 is 0 Å². The van der Waals surface area contributed by atoms with Crippen LogP contribution in [-0.2, 0) is 16.1 Å². The van der Waals surface area contributed by atoms with E-state index in [0.29, 0.717) is 43.2 Å². The minimum absolute atomic E-state index is 0.00175. The maximum Gasteiger partial charge on any atom is 0.257 e. The average Bonchev–Trinajstić information content (AvgIpc) is 3.70. The summed E-state index contributed by atoms with van der Waals surface area (Å²) in [6.07, 6.45) is 1.64. The third-order valence-corrected chi connectivity index (χ3v) is 7.07. The Bertz CT molecular complexity index is 1090. The van der Waals surface area contributed by atoms with Crippen LogP contribution in [-0.4, -0.2) is 67.6 Å². The number of halogens is 1. The molecule has 1 aliphatic heterocycles. The Kier molecular flexibility index (Phi) is 8.26. The molecule has 3 atom stereocenters. The Morgan fingerprint density at radius 3 is 2.64 bits per heavy atom. The highest BCUT2D eigenvalue weighted by molar-refractivity contribution is 5.99. The molecule has 1 heterocycles. The van der Waals surface area contributed by atoms with Gasteiger partial charge in [-0.15, -0.1) is 0 Å². The quantitative estimate of drug-likeness (QED) is 0.671. The van der Waals surface area contributed by atoms with Crippen LogP contribution in [0.15, 0.2) is 42.5 Å². The topological polar surface area (TPSA) is 71.1 Å². The van der Waals surface area contributed by atoms with E-state index < -0.39 is 0 Å². The van der Waals surface area contributed by atoms with Gasteiger partial charge in [-0.05, 0) is 55.5 Å². The predicted molar refractivity (Wildman–Crippen MR) is 136 cm³/mol. The lowest BCUT2D eigenvalue weighted by molar-refractivity contribution is -0.117. The molecule has 2 aromatic carbocycles. The first-order valence-corrected chi connectivity index (χ1v) is 12.6. The van der Waals surface area contributed by atoms with E-state index in [0.717, 1.165) is 18.4 Å². The number of hydrogen-bond acceptors (Lipinski definition) is 5. The highest BCUT2D eigenvalue weighted by atomic mass is 19.1. The molecule has 0 spiro atoms. The third-order valence-electron chi connectivity index (χ3n) is 7.07. The van der Waals surface area contributed by atoms with E-state index in [1.807, 2.05) is 6.07 Å². The number of anilines is 1. The van der Waals surface area contributed by atoms with Gasteiger partial charge < -0.3 is 19.7 Å². The van der Waals surface area contributed by atoms with E-state index in [2.05, 4.69) is 24.1 Å². The van der Waals surface area contributed by atoms with Gasteiger partial charge in [-0.1, -0.05) is 19.1 Å². The largest absolute Gasteiger partial charge is 0.491 e. The highest BCUT2D eigenvalue weighted by Gasteiger charge is 2.31. The fourth-order valence-corrected chi connectivity index (χ4v) is 4.60. The van der Waals surface area contributed by atoms with Gasteiger partial charge in [-0.3, -0.25) is 14.5 Å². The van der Waals surface area contributed by atoms with E-state index >= 15 is 0 Å². The number of carbonyl (C=O) groups excluding carboxylic acids is 2. The van der Waals surface area contributed by atoms with Gasteiger partial charge in [-0.2, -0.15) is 0 Å². The average molecular weight is 498 g/mol. The maximum absolute atomic E-state index is 13.9. The summed E-state index contributed by atoms with van der Waals surface area (Å²) in [7, 11) is 3.42. The number of likely N-dealkylation sites (N-methyl/N-ethyl adjacent to an activating group) is 1. The fourth-order valence-electron chi connectivity index (χ4n) is 4.60. The van der Waals surface area contributed by atoms with Crippen molar-refractivity contribution in [1.82, 2.24) is 9.80 Å². The standard InChI is InChI=1S/C28H36FN3O4/c1-18-14-32(15-20-6-5-7-22(29)12-20)19(2)17-36-25-13-23(30-27(33)21-8-9-21)10-11-24(25)28(34)31(3)16-26(18)35-4/h5-7,10-13,18-19,21,26H,8-9,14-17H2,1-4H3,(H,30,33)/t18-,19-,26-/m0/s1. The van der Waals surface area contributed by atoms with Crippen molar-refractivity contribution in [1.29, 1.82) is 0 Å². The Morgan fingerprint density at radius 1 is 1.17 bits per heavy atom. The fraction of sp³-hybridized carbons (Fsp3) is 0.500. The maximum atomic E-state index is 13.9. The number of methoxy groups -OCH3 is 1. The van der Waals surface area contributed by atoms with E-state index in [4.69, 9.17) is 9.47 Å². The summed E-state index contributed by atoms with van der Waals surface area (Å²) >= 11 is 0. The molecule has 7 nitrogen and oxygen atoms in total. The van der Waals surface area contributed by atoms with Crippen LogP contribution in [0.2, 0.25) is 0 Å². The Balaban J connectivity index is 1.62. The highest BCUT2D eigenvalue weighted by Crippen LogP contribution is 2.32. The van der Waals surface area contributed by atoms with Crippen LogP contribution in [0.4, 0.5) is 10.1 Å². The molecule has 0 saturated heterocycles. The molecule has 0 bridgehead atoms. The number of fused-ring (bicyclic) bond motifs is 1. The molecule has 1 aliphatic carbocycles. The SMILES string of the molecule is CO[C@H]1CN(C)C(=O)c2ccc(NC(=O)C3CC3)cc2OC[C@H](C)N(Cc2cccc(F)c2)C[C@@H]1C. The monoisotopic (exact) mass is 497 g/mol. The molecule has 2 aromatic rings. The number of nitrogens with zero attached hydrogens (tertiary/aromatic N) is 2. The predicted octanol–water partition coefficient (Wildman–Crippen LogP) is 4.18. The number of carbonyl (C=O) groups is 2. The Labute approximate surface area is 212 Å². The van der Waals surface area contributed by atoms with Crippen LogP contribution in [0.5, 0.6) is 5.75 Å².